The van der Waals surface area contributed by atoms with Crippen molar-refractivity contribution in [1.82, 2.24) is 4.98 Å². The van der Waals surface area contributed by atoms with Crippen LogP contribution in [0.15, 0.2) is 18.2 Å². The highest BCUT2D eigenvalue weighted by molar-refractivity contribution is 6.45. The molecule has 4 heteroatoms. The quantitative estimate of drug-likeness (QED) is 0.791. The third kappa shape index (κ3) is 3.02. The second-order valence-electron chi connectivity index (χ2n) is 5.99. The van der Waals surface area contributed by atoms with E-state index >= 15 is 0 Å². The molecule has 0 saturated carbocycles. The molecule has 1 aromatic carbocycles. The van der Waals surface area contributed by atoms with Crippen molar-refractivity contribution in [2.45, 2.75) is 39.5 Å². The first-order chi connectivity index (χ1) is 9.34. The Morgan fingerprint density at radius 2 is 1.90 bits per heavy atom. The van der Waals surface area contributed by atoms with Crippen molar-refractivity contribution in [2.75, 3.05) is 11.9 Å². The van der Waals surface area contributed by atoms with Crippen LogP contribution in [0.25, 0.3) is 10.9 Å². The number of halogens is 2. The molecule has 0 saturated heterocycles. The highest BCUT2D eigenvalue weighted by atomic mass is 35.5. The predicted octanol–water partition coefficient (Wildman–Crippen LogP) is 5.66. The van der Waals surface area contributed by atoms with Crippen molar-refractivity contribution in [3.8, 4) is 0 Å². The van der Waals surface area contributed by atoms with Crippen LogP contribution < -0.4 is 5.32 Å². The van der Waals surface area contributed by atoms with Crippen LogP contribution in [-0.4, -0.2) is 11.5 Å². The van der Waals surface area contributed by atoms with E-state index in [1.807, 2.05) is 12.1 Å². The minimum absolute atomic E-state index is 0.0392. The zero-order valence-corrected chi connectivity index (χ0v) is 13.9. The number of nitrogens with zero attached hydrogens (tertiary/aromatic N) is 1. The minimum atomic E-state index is -0.0392. The largest absolute Gasteiger partial charge is 0.384 e. The van der Waals surface area contributed by atoms with Crippen molar-refractivity contribution in [3.63, 3.8) is 0 Å². The minimum Gasteiger partial charge on any atom is -0.384 e. The Morgan fingerprint density at radius 1 is 1.20 bits per heavy atom. The van der Waals surface area contributed by atoms with Crippen molar-refractivity contribution in [1.29, 1.82) is 0 Å². The molecule has 0 radical (unpaired) electrons. The molecule has 2 rings (SSSR count). The standard InChI is InChI=1S/C16H20Cl2N2/c1-5-8-19-12-9-13(16(2,3)4)20-15-10(12)6-7-11(17)14(15)18/h6-7,9H,5,8H2,1-4H3,(H,19,20). The Bertz CT molecular complexity index is 630. The third-order valence-corrected chi connectivity index (χ3v) is 4.00. The van der Waals surface area contributed by atoms with Crippen LogP contribution in [0.3, 0.4) is 0 Å². The van der Waals surface area contributed by atoms with Gasteiger partial charge in [0.05, 0.1) is 15.6 Å². The van der Waals surface area contributed by atoms with Crippen molar-refractivity contribution >= 4 is 39.8 Å². The second kappa shape index (κ2) is 5.79. The monoisotopic (exact) mass is 310 g/mol. The van der Waals surface area contributed by atoms with Crippen LogP contribution in [-0.2, 0) is 5.41 Å². The first-order valence-electron chi connectivity index (χ1n) is 6.87. The van der Waals surface area contributed by atoms with Crippen molar-refractivity contribution < 1.29 is 0 Å². The zero-order chi connectivity index (χ0) is 14.9. The van der Waals surface area contributed by atoms with Gasteiger partial charge < -0.3 is 5.32 Å². The number of pyridine rings is 1. The van der Waals surface area contributed by atoms with Gasteiger partial charge >= 0.3 is 0 Å². The fourth-order valence-electron chi connectivity index (χ4n) is 2.02. The number of nitrogens with one attached hydrogen (secondary N) is 1. The maximum absolute atomic E-state index is 6.33. The Morgan fingerprint density at radius 3 is 2.50 bits per heavy atom. The summed E-state index contributed by atoms with van der Waals surface area (Å²) in [6.45, 7) is 9.49. The summed E-state index contributed by atoms with van der Waals surface area (Å²) < 4.78 is 0. The normalized spacial score (nSPS) is 11.9. The van der Waals surface area contributed by atoms with Crippen molar-refractivity contribution in [2.24, 2.45) is 0 Å². The maximum atomic E-state index is 6.33. The lowest BCUT2D eigenvalue weighted by atomic mass is 9.90. The van der Waals surface area contributed by atoms with E-state index in [1.54, 1.807) is 0 Å². The molecule has 108 valence electrons. The van der Waals surface area contributed by atoms with E-state index in [0.29, 0.717) is 10.0 Å². The molecule has 0 unspecified atom stereocenters. The smallest absolute Gasteiger partial charge is 0.0927 e. The summed E-state index contributed by atoms with van der Waals surface area (Å²) in [5, 5.41) is 5.53. The van der Waals surface area contributed by atoms with Crippen LogP contribution in [0.2, 0.25) is 10.0 Å². The number of hydrogen-bond donors (Lipinski definition) is 1. The molecule has 0 bridgehead atoms. The number of fused-ring (bicyclic) bond motifs is 1. The van der Waals surface area contributed by atoms with E-state index in [1.165, 1.54) is 0 Å². The molecule has 1 N–H and O–H groups in total. The summed E-state index contributed by atoms with van der Waals surface area (Å²) in [6, 6.07) is 5.91. The number of rotatable bonds is 3. The van der Waals surface area contributed by atoms with Crippen LogP contribution >= 0.6 is 23.2 Å². The number of benzene rings is 1. The van der Waals surface area contributed by atoms with Gasteiger partial charge in [0.1, 0.15) is 0 Å². The van der Waals surface area contributed by atoms with E-state index in [-0.39, 0.29) is 5.41 Å². The average Bonchev–Trinajstić information content (AvgIpc) is 2.39. The van der Waals surface area contributed by atoms with Gasteiger partial charge in [-0.25, -0.2) is 0 Å². The summed E-state index contributed by atoms with van der Waals surface area (Å²) in [6.07, 6.45) is 1.07. The fraction of sp³-hybridized carbons (Fsp3) is 0.438. The topological polar surface area (TPSA) is 24.9 Å². The molecule has 2 nitrogen and oxygen atoms in total. The lowest BCUT2D eigenvalue weighted by molar-refractivity contribution is 0.572. The molecule has 1 aromatic heterocycles. The highest BCUT2D eigenvalue weighted by Crippen LogP contribution is 2.35. The van der Waals surface area contributed by atoms with Gasteiger partial charge in [0.2, 0.25) is 0 Å². The van der Waals surface area contributed by atoms with E-state index in [4.69, 9.17) is 28.2 Å². The Kier molecular flexibility index (Phi) is 4.46. The summed E-state index contributed by atoms with van der Waals surface area (Å²) in [7, 11) is 0. The maximum Gasteiger partial charge on any atom is 0.0927 e. The molecule has 0 spiro atoms. The third-order valence-electron chi connectivity index (χ3n) is 3.21. The number of hydrogen-bond acceptors (Lipinski definition) is 2. The van der Waals surface area contributed by atoms with Gasteiger partial charge in [0.15, 0.2) is 0 Å². The number of anilines is 1. The van der Waals surface area contributed by atoms with Gasteiger partial charge in [-0.15, -0.1) is 0 Å². The molecule has 0 amide bonds. The molecule has 1 heterocycles. The van der Waals surface area contributed by atoms with Gasteiger partial charge in [0.25, 0.3) is 0 Å². The van der Waals surface area contributed by atoms with Crippen LogP contribution in [0.5, 0.6) is 0 Å². The molecule has 0 atom stereocenters. The van der Waals surface area contributed by atoms with Gasteiger partial charge in [0, 0.05) is 28.7 Å². The fourth-order valence-corrected chi connectivity index (χ4v) is 2.38. The molecule has 2 aromatic rings. The van der Waals surface area contributed by atoms with Gasteiger partial charge in [-0.2, -0.15) is 0 Å². The molecule has 20 heavy (non-hydrogen) atoms. The molecule has 0 aliphatic rings. The first kappa shape index (κ1) is 15.4. The highest BCUT2D eigenvalue weighted by Gasteiger charge is 2.19. The number of aromatic nitrogens is 1. The lowest BCUT2D eigenvalue weighted by Crippen LogP contribution is -2.14. The first-order valence-corrected chi connectivity index (χ1v) is 7.63. The van der Waals surface area contributed by atoms with Gasteiger partial charge in [-0.1, -0.05) is 50.9 Å². The molecule has 0 aliphatic carbocycles. The van der Waals surface area contributed by atoms with E-state index in [0.717, 1.165) is 35.2 Å². The molecule has 0 aliphatic heterocycles. The van der Waals surface area contributed by atoms with Gasteiger partial charge in [-0.05, 0) is 24.6 Å². The Labute approximate surface area is 130 Å². The van der Waals surface area contributed by atoms with E-state index in [9.17, 15) is 0 Å². The van der Waals surface area contributed by atoms with E-state index < -0.39 is 0 Å². The Hall–Kier alpha value is -0.990. The average molecular weight is 311 g/mol. The summed E-state index contributed by atoms with van der Waals surface area (Å²) in [5.74, 6) is 0. The summed E-state index contributed by atoms with van der Waals surface area (Å²) >= 11 is 12.5. The molecular weight excluding hydrogens is 291 g/mol. The van der Waals surface area contributed by atoms with Crippen molar-refractivity contribution in [3.05, 3.63) is 33.9 Å². The predicted molar refractivity (Wildman–Crippen MR) is 89.2 cm³/mol. The van der Waals surface area contributed by atoms with E-state index in [2.05, 4.69) is 39.1 Å². The second-order valence-corrected chi connectivity index (χ2v) is 6.77. The van der Waals surface area contributed by atoms with Crippen LogP contribution in [0, 0.1) is 0 Å². The Balaban J connectivity index is 2.71. The van der Waals surface area contributed by atoms with Crippen LogP contribution in [0.4, 0.5) is 5.69 Å². The SMILES string of the molecule is CCCNc1cc(C(C)(C)C)nc2c(Cl)c(Cl)ccc12. The molecule has 0 fully saturated rings. The lowest BCUT2D eigenvalue weighted by Gasteiger charge is -2.21. The summed E-state index contributed by atoms with van der Waals surface area (Å²) in [5.41, 5.74) is 2.81. The zero-order valence-electron chi connectivity index (χ0n) is 12.3. The molecular formula is C16H20Cl2N2. The van der Waals surface area contributed by atoms with Gasteiger partial charge in [-0.3, -0.25) is 4.98 Å². The van der Waals surface area contributed by atoms with Crippen LogP contribution in [0.1, 0.15) is 39.8 Å². The summed E-state index contributed by atoms with van der Waals surface area (Å²) in [4.78, 5) is 4.72.